The molecule has 0 unspecified atom stereocenters. The lowest BCUT2D eigenvalue weighted by atomic mass is 10.3. The fourth-order valence-electron chi connectivity index (χ4n) is 1.38. The van der Waals surface area contributed by atoms with Crippen LogP contribution in [0.3, 0.4) is 0 Å². The summed E-state index contributed by atoms with van der Waals surface area (Å²) in [5, 5.41) is 3.81. The van der Waals surface area contributed by atoms with Crippen LogP contribution in [0.15, 0.2) is 12.1 Å². The van der Waals surface area contributed by atoms with E-state index >= 15 is 0 Å². The third-order valence-electron chi connectivity index (χ3n) is 2.40. The van der Waals surface area contributed by atoms with Gasteiger partial charge in [-0.3, -0.25) is 0 Å². The number of nitrogens with one attached hydrogen (secondary N) is 1. The van der Waals surface area contributed by atoms with Gasteiger partial charge in [-0.25, -0.2) is 0 Å². The predicted octanol–water partition coefficient (Wildman–Crippen LogP) is 3.73. The van der Waals surface area contributed by atoms with E-state index in [1.807, 2.05) is 14.1 Å². The van der Waals surface area contributed by atoms with E-state index in [0.717, 1.165) is 0 Å². The van der Waals surface area contributed by atoms with Crippen molar-refractivity contribution in [3.63, 3.8) is 0 Å². The highest BCUT2D eigenvalue weighted by molar-refractivity contribution is 6.43. The van der Waals surface area contributed by atoms with E-state index in [0.29, 0.717) is 32.7 Å². The Balaban J connectivity index is 2.39. The van der Waals surface area contributed by atoms with Crippen LogP contribution in [0, 0.1) is 0 Å². The van der Waals surface area contributed by atoms with Gasteiger partial charge in [0.1, 0.15) is 0 Å². The van der Waals surface area contributed by atoms with Crippen molar-refractivity contribution in [1.82, 2.24) is 15.0 Å². The van der Waals surface area contributed by atoms with Crippen molar-refractivity contribution in [3.05, 3.63) is 27.2 Å². The van der Waals surface area contributed by atoms with Gasteiger partial charge < -0.3 is 15.0 Å². The summed E-state index contributed by atoms with van der Waals surface area (Å²) in [7, 11) is 5.32. The van der Waals surface area contributed by atoms with Gasteiger partial charge in [0.15, 0.2) is 5.75 Å². The van der Waals surface area contributed by atoms with Gasteiger partial charge in [-0.15, -0.1) is 0 Å². The minimum absolute atomic E-state index is 0.0957. The molecule has 0 saturated carbocycles. The summed E-state index contributed by atoms with van der Waals surface area (Å²) in [5.74, 6) is 1.13. The molecule has 2 aromatic rings. The van der Waals surface area contributed by atoms with Gasteiger partial charge in [-0.1, -0.05) is 34.8 Å². The summed E-state index contributed by atoms with van der Waals surface area (Å²) in [6, 6.07) is 3.09. The van der Waals surface area contributed by atoms with Crippen molar-refractivity contribution in [2.45, 2.75) is 0 Å². The summed E-state index contributed by atoms with van der Waals surface area (Å²) in [4.78, 5) is 14.2. The minimum atomic E-state index is 0.0957. The number of hydrogen-bond donors (Lipinski definition) is 1. The second-order valence-electron chi connectivity index (χ2n) is 4.18. The highest BCUT2D eigenvalue weighted by atomic mass is 35.5. The molecule has 0 atom stereocenters. The lowest BCUT2D eigenvalue weighted by Crippen LogP contribution is -2.15. The van der Waals surface area contributed by atoms with Crippen molar-refractivity contribution in [2.75, 3.05) is 31.4 Å². The molecule has 0 saturated heterocycles. The van der Waals surface area contributed by atoms with Crippen LogP contribution in [0.1, 0.15) is 0 Å². The zero-order chi connectivity index (χ0) is 15.6. The van der Waals surface area contributed by atoms with Crippen molar-refractivity contribution < 1.29 is 4.74 Å². The highest BCUT2D eigenvalue weighted by Crippen LogP contribution is 2.35. The minimum Gasteiger partial charge on any atom is -0.422 e. The average molecular weight is 349 g/mol. The van der Waals surface area contributed by atoms with Crippen molar-refractivity contribution in [3.8, 4) is 11.8 Å². The molecule has 1 aromatic carbocycles. The Morgan fingerprint density at radius 1 is 1.00 bits per heavy atom. The number of hydrogen-bond acceptors (Lipinski definition) is 6. The molecule has 0 aliphatic rings. The topological polar surface area (TPSA) is 63.2 Å². The maximum Gasteiger partial charge on any atom is 0.328 e. The molecule has 1 heterocycles. The molecule has 0 fully saturated rings. The van der Waals surface area contributed by atoms with Gasteiger partial charge >= 0.3 is 6.01 Å². The van der Waals surface area contributed by atoms with Crippen molar-refractivity contribution in [2.24, 2.45) is 0 Å². The van der Waals surface area contributed by atoms with Crippen LogP contribution < -0.4 is 15.0 Å². The smallest absolute Gasteiger partial charge is 0.328 e. The summed E-state index contributed by atoms with van der Waals surface area (Å²) < 4.78 is 5.57. The number of nitrogens with zero attached hydrogens (tertiary/aromatic N) is 4. The lowest BCUT2D eigenvalue weighted by molar-refractivity contribution is 0.441. The summed E-state index contributed by atoms with van der Waals surface area (Å²) in [6.45, 7) is 0. The van der Waals surface area contributed by atoms with Gasteiger partial charge in [0.2, 0.25) is 11.9 Å². The van der Waals surface area contributed by atoms with E-state index in [-0.39, 0.29) is 6.01 Å². The van der Waals surface area contributed by atoms with Gasteiger partial charge in [0.25, 0.3) is 0 Å². The number of anilines is 2. The van der Waals surface area contributed by atoms with Gasteiger partial charge in [0, 0.05) is 27.2 Å². The van der Waals surface area contributed by atoms with Crippen LogP contribution in [0.5, 0.6) is 11.8 Å². The Morgan fingerprint density at radius 2 is 1.67 bits per heavy atom. The predicted molar refractivity (Wildman–Crippen MR) is 85.2 cm³/mol. The second-order valence-corrected chi connectivity index (χ2v) is 5.41. The number of benzene rings is 1. The molecule has 9 heteroatoms. The summed E-state index contributed by atoms with van der Waals surface area (Å²) in [5.41, 5.74) is 0. The van der Waals surface area contributed by atoms with E-state index in [1.54, 1.807) is 11.9 Å². The summed E-state index contributed by atoms with van der Waals surface area (Å²) in [6.07, 6.45) is 0. The molecule has 21 heavy (non-hydrogen) atoms. The molecule has 0 aliphatic heterocycles. The Bertz CT molecular complexity index is 666. The normalized spacial score (nSPS) is 10.4. The van der Waals surface area contributed by atoms with Crippen molar-refractivity contribution in [1.29, 1.82) is 0 Å². The first kappa shape index (κ1) is 15.9. The quantitative estimate of drug-likeness (QED) is 0.849. The summed E-state index contributed by atoms with van der Waals surface area (Å²) >= 11 is 17.9. The molecule has 0 amide bonds. The monoisotopic (exact) mass is 347 g/mol. The van der Waals surface area contributed by atoms with Crippen LogP contribution in [-0.4, -0.2) is 36.1 Å². The molecular formula is C12H12Cl3N5O. The molecule has 0 aliphatic carbocycles. The third kappa shape index (κ3) is 3.78. The van der Waals surface area contributed by atoms with Gasteiger partial charge in [-0.05, 0) is 6.07 Å². The molecule has 0 radical (unpaired) electrons. The number of aromatic nitrogens is 3. The van der Waals surface area contributed by atoms with E-state index in [1.165, 1.54) is 12.1 Å². The first-order valence-electron chi connectivity index (χ1n) is 5.84. The standard InChI is InChI=1S/C12H12Cl3N5O/c1-16-10-17-11(20(2)3)19-12(18-10)21-9-5-7(14)6(13)4-8(9)15/h4-5H,1-3H3,(H,16,17,18,19). The molecular weight excluding hydrogens is 337 g/mol. The average Bonchev–Trinajstić information content (AvgIpc) is 2.44. The fourth-order valence-corrected chi connectivity index (χ4v) is 1.96. The van der Waals surface area contributed by atoms with E-state index < -0.39 is 0 Å². The molecule has 0 bridgehead atoms. The molecule has 6 nitrogen and oxygen atoms in total. The Labute approximate surface area is 137 Å². The maximum absolute atomic E-state index is 6.06. The Hall–Kier alpha value is -1.50. The first-order chi connectivity index (χ1) is 9.90. The van der Waals surface area contributed by atoms with Crippen LogP contribution >= 0.6 is 34.8 Å². The van der Waals surface area contributed by atoms with Crippen LogP contribution in [0.2, 0.25) is 15.1 Å². The Kier molecular flexibility index (Phi) is 4.92. The van der Waals surface area contributed by atoms with Crippen LogP contribution in [0.4, 0.5) is 11.9 Å². The highest BCUT2D eigenvalue weighted by Gasteiger charge is 2.13. The van der Waals surface area contributed by atoms with Crippen LogP contribution in [0.25, 0.3) is 0 Å². The van der Waals surface area contributed by atoms with Gasteiger partial charge in [-0.2, -0.15) is 15.0 Å². The molecule has 1 aromatic heterocycles. The van der Waals surface area contributed by atoms with Gasteiger partial charge in [0.05, 0.1) is 15.1 Å². The largest absolute Gasteiger partial charge is 0.422 e. The molecule has 0 spiro atoms. The second kappa shape index (κ2) is 6.51. The SMILES string of the molecule is CNc1nc(Oc2cc(Cl)c(Cl)cc2Cl)nc(N(C)C)n1. The fraction of sp³-hybridized carbons (Fsp3) is 0.250. The Morgan fingerprint density at radius 3 is 2.29 bits per heavy atom. The number of halogens is 3. The van der Waals surface area contributed by atoms with E-state index in [2.05, 4.69) is 20.3 Å². The zero-order valence-corrected chi connectivity index (χ0v) is 13.8. The number of ether oxygens (including phenoxy) is 1. The molecule has 1 N–H and O–H groups in total. The first-order valence-corrected chi connectivity index (χ1v) is 6.97. The van der Waals surface area contributed by atoms with E-state index in [9.17, 15) is 0 Å². The molecule has 2 rings (SSSR count). The zero-order valence-electron chi connectivity index (χ0n) is 11.5. The lowest BCUT2D eigenvalue weighted by Gasteiger charge is -2.13. The number of rotatable bonds is 4. The van der Waals surface area contributed by atoms with E-state index in [4.69, 9.17) is 39.5 Å². The van der Waals surface area contributed by atoms with Crippen LogP contribution in [-0.2, 0) is 0 Å². The molecule has 112 valence electrons. The maximum atomic E-state index is 6.06. The van der Waals surface area contributed by atoms with Crippen molar-refractivity contribution >= 4 is 46.7 Å². The third-order valence-corrected chi connectivity index (χ3v) is 3.42.